The number of amidine groups is 1. The number of rotatable bonds is 4. The van der Waals surface area contributed by atoms with E-state index >= 15 is 0 Å². The molecule has 1 amide bonds. The first-order chi connectivity index (χ1) is 21.1. The number of aromatic nitrogens is 1. The van der Waals surface area contributed by atoms with Crippen LogP contribution in [0.3, 0.4) is 0 Å². The highest BCUT2D eigenvalue weighted by molar-refractivity contribution is 8.18. The molecule has 0 saturated carbocycles. The molecule has 0 unspecified atom stereocenters. The van der Waals surface area contributed by atoms with E-state index in [-0.39, 0.29) is 5.91 Å². The van der Waals surface area contributed by atoms with Gasteiger partial charge < -0.3 is 10.4 Å². The lowest BCUT2D eigenvalue weighted by Gasteiger charge is -2.08. The van der Waals surface area contributed by atoms with Crippen LogP contribution in [0.15, 0.2) is 119 Å². The van der Waals surface area contributed by atoms with Crippen molar-refractivity contribution >= 4 is 63.1 Å². The molecule has 2 heterocycles. The first-order valence-electron chi connectivity index (χ1n) is 13.0. The Labute approximate surface area is 258 Å². The van der Waals surface area contributed by atoms with Crippen LogP contribution >= 0.6 is 23.4 Å². The zero-order valence-corrected chi connectivity index (χ0v) is 24.1. The van der Waals surface area contributed by atoms with Crippen LogP contribution in [0.5, 0.6) is 0 Å². The number of benzene rings is 4. The second-order valence-corrected chi connectivity index (χ2v) is 10.7. The first kappa shape index (κ1) is 30.5. The van der Waals surface area contributed by atoms with Crippen LogP contribution in [0.4, 0.5) is 18.9 Å². The number of fused-ring (bicyclic) bond motifs is 1. The standard InChI is InChI=1S/C31H20ClN3OS.C2HF3O2/c32-26-13-7-12-24(22-10-5-2-6-11-22)29(26)34-31-35-30(36)28(37-31)19-20-14-15-27-25(18-20)23(16-17-33-27)21-8-3-1-4-9-21;3-2(4,5)1(6)7/h1-19H,(H,34,35,36);(H,6,7)/b28-19+;. The van der Waals surface area contributed by atoms with Crippen LogP contribution in [0.1, 0.15) is 5.56 Å². The molecule has 1 fully saturated rings. The van der Waals surface area contributed by atoms with Gasteiger partial charge in [-0.3, -0.25) is 9.78 Å². The molecule has 1 saturated heterocycles. The number of hydrogen-bond acceptors (Lipinski definition) is 5. The predicted octanol–water partition coefficient (Wildman–Crippen LogP) is 8.75. The lowest BCUT2D eigenvalue weighted by atomic mass is 10.00. The summed E-state index contributed by atoms with van der Waals surface area (Å²) in [6.45, 7) is 0. The van der Waals surface area contributed by atoms with E-state index in [9.17, 15) is 18.0 Å². The third-order valence-electron chi connectivity index (χ3n) is 6.33. The maximum atomic E-state index is 12.8. The molecule has 2 N–H and O–H groups in total. The number of carbonyl (C=O) groups is 2. The number of aliphatic imine (C=N–C) groups is 1. The van der Waals surface area contributed by atoms with E-state index in [4.69, 9.17) is 26.5 Å². The first-order valence-corrected chi connectivity index (χ1v) is 14.2. The van der Waals surface area contributed by atoms with Crippen molar-refractivity contribution in [2.75, 3.05) is 0 Å². The SMILES string of the molecule is O=C(O)C(F)(F)F.O=C1NC(=Nc2c(Cl)cccc2-c2ccccc2)S/C1=C/c1ccc2nccc(-c3ccccc3)c2c1. The van der Waals surface area contributed by atoms with Crippen LogP contribution in [0.25, 0.3) is 39.2 Å². The van der Waals surface area contributed by atoms with Crippen LogP contribution in [0.2, 0.25) is 5.02 Å². The quantitative estimate of drug-likeness (QED) is 0.194. The highest BCUT2D eigenvalue weighted by atomic mass is 35.5. The summed E-state index contributed by atoms with van der Waals surface area (Å²) in [5, 5.41) is 12.1. The zero-order chi connectivity index (χ0) is 31.3. The topological polar surface area (TPSA) is 91.6 Å². The molecule has 11 heteroatoms. The summed E-state index contributed by atoms with van der Waals surface area (Å²) in [6.07, 6.45) is -1.38. The lowest BCUT2D eigenvalue weighted by Crippen LogP contribution is -2.21. The molecule has 0 radical (unpaired) electrons. The smallest absolute Gasteiger partial charge is 0.475 e. The molecule has 5 aromatic rings. The molecule has 6 rings (SSSR count). The average Bonchev–Trinajstić information content (AvgIpc) is 3.36. The zero-order valence-electron chi connectivity index (χ0n) is 22.5. The number of thioether (sulfide) groups is 1. The number of amides is 1. The number of aliphatic carboxylic acids is 1. The Morgan fingerprint density at radius 3 is 2.16 bits per heavy atom. The van der Waals surface area contributed by atoms with Gasteiger partial charge in [0.15, 0.2) is 5.17 Å². The Balaban J connectivity index is 0.000000493. The Hall–Kier alpha value is -4.93. The van der Waals surface area contributed by atoms with Gasteiger partial charge in [0.1, 0.15) is 0 Å². The monoisotopic (exact) mass is 631 g/mol. The van der Waals surface area contributed by atoms with Gasteiger partial charge >= 0.3 is 12.1 Å². The van der Waals surface area contributed by atoms with Gasteiger partial charge in [-0.05, 0) is 64.4 Å². The van der Waals surface area contributed by atoms with Crippen LogP contribution < -0.4 is 5.32 Å². The molecule has 0 aliphatic carbocycles. The Bertz CT molecular complexity index is 1910. The molecule has 1 aliphatic rings. The van der Waals surface area contributed by atoms with Crippen molar-refractivity contribution in [3.63, 3.8) is 0 Å². The Kier molecular flexibility index (Phi) is 9.12. The fourth-order valence-corrected chi connectivity index (χ4v) is 5.38. The number of carboxylic acids is 1. The molecule has 0 atom stereocenters. The average molecular weight is 632 g/mol. The number of pyridine rings is 1. The molecule has 1 aromatic heterocycles. The second-order valence-electron chi connectivity index (χ2n) is 9.29. The number of nitrogens with one attached hydrogen (secondary N) is 1. The molecule has 1 aliphatic heterocycles. The minimum atomic E-state index is -5.08. The van der Waals surface area contributed by atoms with E-state index in [1.165, 1.54) is 11.8 Å². The Morgan fingerprint density at radius 2 is 1.52 bits per heavy atom. The highest BCUT2D eigenvalue weighted by Gasteiger charge is 2.38. The molecule has 44 heavy (non-hydrogen) atoms. The summed E-state index contributed by atoms with van der Waals surface area (Å²) >= 11 is 7.83. The second kappa shape index (κ2) is 13.2. The third-order valence-corrected chi connectivity index (χ3v) is 7.54. The highest BCUT2D eigenvalue weighted by Crippen LogP contribution is 2.38. The summed E-state index contributed by atoms with van der Waals surface area (Å²) in [7, 11) is 0. The lowest BCUT2D eigenvalue weighted by molar-refractivity contribution is -0.192. The van der Waals surface area contributed by atoms with Crippen molar-refractivity contribution in [1.82, 2.24) is 10.3 Å². The van der Waals surface area contributed by atoms with E-state index < -0.39 is 12.1 Å². The molecule has 0 bridgehead atoms. The fourth-order valence-electron chi connectivity index (χ4n) is 4.34. The molecular formula is C33H21ClF3N3O3S. The number of nitrogens with zero attached hydrogens (tertiary/aromatic N) is 2. The van der Waals surface area contributed by atoms with Gasteiger partial charge in [0.25, 0.3) is 5.91 Å². The number of halogens is 4. The number of carbonyl (C=O) groups excluding carboxylic acids is 1. The molecule has 6 nitrogen and oxygen atoms in total. The minimum Gasteiger partial charge on any atom is -0.475 e. The van der Waals surface area contributed by atoms with E-state index in [2.05, 4.69) is 28.5 Å². The summed E-state index contributed by atoms with van der Waals surface area (Å²) in [5.74, 6) is -2.95. The van der Waals surface area contributed by atoms with Crippen molar-refractivity contribution in [3.8, 4) is 22.3 Å². The van der Waals surface area contributed by atoms with Crippen molar-refractivity contribution in [2.24, 2.45) is 4.99 Å². The van der Waals surface area contributed by atoms with E-state index in [1.807, 2.05) is 91.1 Å². The number of para-hydroxylation sites is 1. The predicted molar refractivity (Wildman–Crippen MR) is 169 cm³/mol. The minimum absolute atomic E-state index is 0.188. The third kappa shape index (κ3) is 7.16. The maximum Gasteiger partial charge on any atom is 0.490 e. The van der Waals surface area contributed by atoms with Crippen LogP contribution in [0, 0.1) is 0 Å². The summed E-state index contributed by atoms with van der Waals surface area (Å²) in [4.78, 5) is 31.6. The number of alkyl halides is 3. The summed E-state index contributed by atoms with van der Waals surface area (Å²) in [6, 6.07) is 33.9. The van der Waals surface area contributed by atoms with E-state index in [0.717, 1.165) is 38.7 Å². The van der Waals surface area contributed by atoms with Gasteiger partial charge in [0, 0.05) is 17.1 Å². The summed E-state index contributed by atoms with van der Waals surface area (Å²) in [5.41, 5.74) is 6.58. The van der Waals surface area contributed by atoms with Gasteiger partial charge in [-0.25, -0.2) is 9.79 Å². The van der Waals surface area contributed by atoms with Crippen molar-refractivity contribution in [2.45, 2.75) is 6.18 Å². The van der Waals surface area contributed by atoms with Crippen molar-refractivity contribution < 1.29 is 27.9 Å². The normalized spacial score (nSPS) is 14.8. The van der Waals surface area contributed by atoms with E-state index in [0.29, 0.717) is 20.8 Å². The Morgan fingerprint density at radius 1 is 0.886 bits per heavy atom. The number of carboxylic acid groups (broad SMARTS) is 1. The molecular weight excluding hydrogens is 611 g/mol. The molecule has 220 valence electrons. The molecule has 4 aromatic carbocycles. The van der Waals surface area contributed by atoms with Crippen molar-refractivity contribution in [3.05, 3.63) is 125 Å². The van der Waals surface area contributed by atoms with Gasteiger partial charge in [-0.1, -0.05) is 90.5 Å². The fraction of sp³-hybridized carbons (Fsp3) is 0.0303. The maximum absolute atomic E-state index is 12.8. The van der Waals surface area contributed by atoms with Gasteiger partial charge in [0.2, 0.25) is 0 Å². The van der Waals surface area contributed by atoms with Crippen molar-refractivity contribution in [1.29, 1.82) is 0 Å². The number of hydrogen-bond donors (Lipinski definition) is 2. The summed E-state index contributed by atoms with van der Waals surface area (Å²) < 4.78 is 31.7. The van der Waals surface area contributed by atoms with Gasteiger partial charge in [-0.2, -0.15) is 13.2 Å². The largest absolute Gasteiger partial charge is 0.490 e. The molecule has 0 spiro atoms. The van der Waals surface area contributed by atoms with Crippen LogP contribution in [-0.4, -0.2) is 33.3 Å². The van der Waals surface area contributed by atoms with E-state index in [1.54, 1.807) is 6.07 Å². The van der Waals surface area contributed by atoms with Gasteiger partial charge in [-0.15, -0.1) is 0 Å². The van der Waals surface area contributed by atoms with Crippen LogP contribution in [-0.2, 0) is 9.59 Å². The van der Waals surface area contributed by atoms with Gasteiger partial charge in [0.05, 0.1) is 21.1 Å².